The number of rotatable bonds is 5. The lowest BCUT2D eigenvalue weighted by Crippen LogP contribution is -2.46. The van der Waals surface area contributed by atoms with Crippen molar-refractivity contribution < 1.29 is 17.2 Å². The van der Waals surface area contributed by atoms with Crippen molar-refractivity contribution in [3.63, 3.8) is 0 Å². The second kappa shape index (κ2) is 4.53. The van der Waals surface area contributed by atoms with E-state index >= 15 is 0 Å². The molecular formula is C8H17F2NO2S. The zero-order chi connectivity index (χ0) is 11.6. The molecule has 0 fully saturated rings. The summed E-state index contributed by atoms with van der Waals surface area (Å²) in [5.41, 5.74) is 0. The molecule has 6 heteroatoms. The fourth-order valence-corrected chi connectivity index (χ4v) is 0.972. The van der Waals surface area contributed by atoms with E-state index in [0.717, 1.165) is 6.26 Å². The van der Waals surface area contributed by atoms with Gasteiger partial charge >= 0.3 is 0 Å². The van der Waals surface area contributed by atoms with Crippen LogP contribution in [0.3, 0.4) is 0 Å². The van der Waals surface area contributed by atoms with Crippen molar-refractivity contribution in [2.75, 3.05) is 12.8 Å². The quantitative estimate of drug-likeness (QED) is 0.766. The summed E-state index contributed by atoms with van der Waals surface area (Å²) in [4.78, 5) is 0. The predicted octanol–water partition coefficient (Wildman–Crippen LogP) is 1.05. The molecule has 1 N–H and O–H groups in total. The highest BCUT2D eigenvalue weighted by Gasteiger charge is 2.31. The van der Waals surface area contributed by atoms with Crippen LogP contribution in [-0.4, -0.2) is 38.4 Å². The smallest absolute Gasteiger partial charge is 0.253 e. The molecule has 0 saturated heterocycles. The minimum absolute atomic E-state index is 0.0251. The second-order valence-electron chi connectivity index (χ2n) is 4.04. The van der Waals surface area contributed by atoms with Crippen LogP contribution in [0.15, 0.2) is 0 Å². The van der Waals surface area contributed by atoms with Gasteiger partial charge in [-0.25, -0.2) is 17.2 Å². The molecule has 1 unspecified atom stereocenters. The van der Waals surface area contributed by atoms with Crippen LogP contribution in [0, 0.1) is 0 Å². The van der Waals surface area contributed by atoms with Crippen molar-refractivity contribution in [1.82, 2.24) is 5.32 Å². The lowest BCUT2D eigenvalue weighted by atomic mass is 10.2. The van der Waals surface area contributed by atoms with Crippen LogP contribution in [-0.2, 0) is 9.84 Å². The summed E-state index contributed by atoms with van der Waals surface area (Å²) in [6.07, 6.45) is -1.38. The van der Waals surface area contributed by atoms with Gasteiger partial charge in [0.1, 0.15) is 0 Å². The van der Waals surface area contributed by atoms with Crippen LogP contribution in [0.25, 0.3) is 0 Å². The van der Waals surface area contributed by atoms with E-state index in [2.05, 4.69) is 5.32 Å². The summed E-state index contributed by atoms with van der Waals surface area (Å²) >= 11 is 0. The van der Waals surface area contributed by atoms with Crippen LogP contribution >= 0.6 is 0 Å². The molecule has 0 saturated carbocycles. The Labute approximate surface area is 83.8 Å². The summed E-state index contributed by atoms with van der Waals surface area (Å²) in [6.45, 7) is 4.36. The van der Waals surface area contributed by atoms with Gasteiger partial charge < -0.3 is 5.32 Å². The van der Waals surface area contributed by atoms with Gasteiger partial charge in [-0.15, -0.1) is 0 Å². The molecule has 3 nitrogen and oxygen atoms in total. The highest BCUT2D eigenvalue weighted by atomic mass is 32.2. The van der Waals surface area contributed by atoms with Gasteiger partial charge in [-0.05, 0) is 20.8 Å². The molecule has 0 amide bonds. The Balaban J connectivity index is 4.27. The maximum atomic E-state index is 12.1. The van der Waals surface area contributed by atoms with E-state index in [0.29, 0.717) is 0 Å². The maximum Gasteiger partial charge on any atom is 0.253 e. The van der Waals surface area contributed by atoms with Crippen LogP contribution in [0.4, 0.5) is 8.78 Å². The molecule has 0 aromatic carbocycles. The number of nitrogens with one attached hydrogen (secondary N) is 1. The molecule has 0 heterocycles. The van der Waals surface area contributed by atoms with E-state index in [9.17, 15) is 17.2 Å². The van der Waals surface area contributed by atoms with Crippen molar-refractivity contribution in [3.05, 3.63) is 0 Å². The van der Waals surface area contributed by atoms with E-state index in [1.807, 2.05) is 0 Å². The average Bonchev–Trinajstić information content (AvgIpc) is 1.97. The SMILES string of the molecule is CC(NCC(C)(C)S(C)(=O)=O)C(F)F. The molecular weight excluding hydrogens is 212 g/mol. The van der Waals surface area contributed by atoms with Crippen molar-refractivity contribution in [2.45, 2.75) is 38.0 Å². The fraction of sp³-hybridized carbons (Fsp3) is 1.00. The zero-order valence-corrected chi connectivity index (χ0v) is 9.66. The largest absolute Gasteiger partial charge is 0.308 e. The number of hydrogen-bond acceptors (Lipinski definition) is 3. The normalized spacial score (nSPS) is 15.9. The third kappa shape index (κ3) is 3.88. The Morgan fingerprint density at radius 1 is 1.36 bits per heavy atom. The summed E-state index contributed by atoms with van der Waals surface area (Å²) in [5, 5.41) is 2.50. The third-order valence-electron chi connectivity index (χ3n) is 2.23. The highest BCUT2D eigenvalue weighted by Crippen LogP contribution is 2.14. The monoisotopic (exact) mass is 229 g/mol. The van der Waals surface area contributed by atoms with E-state index < -0.39 is 27.1 Å². The molecule has 0 aliphatic carbocycles. The molecule has 0 aliphatic rings. The first-order chi connectivity index (χ1) is 6.08. The van der Waals surface area contributed by atoms with Crippen molar-refractivity contribution in [2.24, 2.45) is 0 Å². The standard InChI is InChI=1S/C8H17F2NO2S/c1-6(7(9)10)11-5-8(2,3)14(4,12)13/h6-7,11H,5H2,1-4H3. The van der Waals surface area contributed by atoms with Gasteiger partial charge in [-0.3, -0.25) is 0 Å². The predicted molar refractivity (Wildman–Crippen MR) is 52.4 cm³/mol. The Bertz CT molecular complexity index is 275. The summed E-state index contributed by atoms with van der Waals surface area (Å²) < 4.78 is 45.6. The summed E-state index contributed by atoms with van der Waals surface area (Å²) in [6, 6.07) is -0.990. The van der Waals surface area contributed by atoms with Crippen LogP contribution in [0.1, 0.15) is 20.8 Å². The number of hydrogen-bond donors (Lipinski definition) is 1. The van der Waals surface area contributed by atoms with Gasteiger partial charge in [-0.1, -0.05) is 0 Å². The average molecular weight is 229 g/mol. The van der Waals surface area contributed by atoms with Gasteiger partial charge in [0, 0.05) is 12.8 Å². The first-order valence-electron chi connectivity index (χ1n) is 4.29. The Hall–Kier alpha value is -0.230. The van der Waals surface area contributed by atoms with Crippen LogP contribution in [0.2, 0.25) is 0 Å². The highest BCUT2D eigenvalue weighted by molar-refractivity contribution is 7.92. The molecule has 0 spiro atoms. The fourth-order valence-electron chi connectivity index (χ4n) is 0.627. The molecule has 0 aromatic rings. The molecule has 0 rings (SSSR count). The maximum absolute atomic E-state index is 12.1. The molecule has 0 radical (unpaired) electrons. The molecule has 0 bridgehead atoms. The van der Waals surface area contributed by atoms with E-state index in [-0.39, 0.29) is 6.54 Å². The summed E-state index contributed by atoms with van der Waals surface area (Å²) in [7, 11) is -3.23. The first kappa shape index (κ1) is 13.8. The van der Waals surface area contributed by atoms with Crippen LogP contribution < -0.4 is 5.32 Å². The zero-order valence-electron chi connectivity index (χ0n) is 8.84. The van der Waals surface area contributed by atoms with Gasteiger partial charge in [-0.2, -0.15) is 0 Å². The minimum atomic E-state index is -3.23. The van der Waals surface area contributed by atoms with Gasteiger partial charge in [0.25, 0.3) is 6.43 Å². The van der Waals surface area contributed by atoms with Crippen molar-refractivity contribution in [3.8, 4) is 0 Å². The molecule has 14 heavy (non-hydrogen) atoms. The third-order valence-corrected chi connectivity index (χ3v) is 4.38. The molecule has 1 atom stereocenters. The lowest BCUT2D eigenvalue weighted by molar-refractivity contribution is 0.105. The van der Waals surface area contributed by atoms with Crippen molar-refractivity contribution in [1.29, 1.82) is 0 Å². The van der Waals surface area contributed by atoms with E-state index in [4.69, 9.17) is 0 Å². The number of halogens is 2. The van der Waals surface area contributed by atoms with Gasteiger partial charge in [0.2, 0.25) is 0 Å². The lowest BCUT2D eigenvalue weighted by Gasteiger charge is -2.25. The number of sulfone groups is 1. The summed E-state index contributed by atoms with van der Waals surface area (Å²) in [5.74, 6) is 0. The minimum Gasteiger partial charge on any atom is -0.308 e. The van der Waals surface area contributed by atoms with Gasteiger partial charge in [0.05, 0.1) is 10.8 Å². The van der Waals surface area contributed by atoms with Gasteiger partial charge in [0.15, 0.2) is 9.84 Å². The second-order valence-corrected chi connectivity index (χ2v) is 6.69. The van der Waals surface area contributed by atoms with E-state index in [1.165, 1.54) is 20.8 Å². The first-order valence-corrected chi connectivity index (χ1v) is 6.18. The molecule has 0 aliphatic heterocycles. The van der Waals surface area contributed by atoms with E-state index in [1.54, 1.807) is 0 Å². The Morgan fingerprint density at radius 2 is 1.79 bits per heavy atom. The Kier molecular flexibility index (Phi) is 4.45. The molecule has 0 aromatic heterocycles. The Morgan fingerprint density at radius 3 is 2.07 bits per heavy atom. The molecule has 86 valence electrons. The topological polar surface area (TPSA) is 46.2 Å². The number of alkyl halides is 2. The van der Waals surface area contributed by atoms with Crippen molar-refractivity contribution >= 4 is 9.84 Å². The van der Waals surface area contributed by atoms with Crippen LogP contribution in [0.5, 0.6) is 0 Å².